The highest BCUT2D eigenvalue weighted by Gasteiger charge is 2.17. The first-order valence-electron chi connectivity index (χ1n) is 7.44. The zero-order valence-electron chi connectivity index (χ0n) is 13.5. The van der Waals surface area contributed by atoms with E-state index in [1.807, 2.05) is 32.2 Å². The average Bonchev–Trinajstić information content (AvgIpc) is 2.94. The monoisotopic (exact) mass is 305 g/mol. The van der Waals surface area contributed by atoms with Gasteiger partial charge in [0.2, 0.25) is 0 Å². The number of imidazole rings is 1. The van der Waals surface area contributed by atoms with Crippen LogP contribution >= 0.6 is 0 Å². The highest BCUT2D eigenvalue weighted by molar-refractivity contribution is 5.76. The smallest absolute Gasteiger partial charge is 0.307 e. The largest absolute Gasteiger partial charge is 0.497 e. The number of carbonyl (C=O) groups is 1. The Balaban J connectivity index is 2.05. The van der Waals surface area contributed by atoms with Crippen LogP contribution < -0.4 is 4.74 Å². The summed E-state index contributed by atoms with van der Waals surface area (Å²) in [5.74, 6) is 1.50. The van der Waals surface area contributed by atoms with E-state index in [-0.39, 0.29) is 12.0 Å². The Labute approximate surface area is 130 Å². The van der Waals surface area contributed by atoms with Crippen molar-refractivity contribution in [2.75, 3.05) is 27.3 Å². The van der Waals surface area contributed by atoms with Gasteiger partial charge >= 0.3 is 5.97 Å². The van der Waals surface area contributed by atoms with Crippen LogP contribution in [0.4, 0.5) is 0 Å². The number of aromatic amines is 1. The molecule has 0 radical (unpaired) electrons. The van der Waals surface area contributed by atoms with Gasteiger partial charge in [0, 0.05) is 12.6 Å². The lowest BCUT2D eigenvalue weighted by Crippen LogP contribution is -2.26. The van der Waals surface area contributed by atoms with E-state index in [2.05, 4.69) is 21.8 Å². The molecule has 120 valence electrons. The van der Waals surface area contributed by atoms with Gasteiger partial charge in [-0.1, -0.05) is 0 Å². The van der Waals surface area contributed by atoms with Crippen molar-refractivity contribution in [1.82, 2.24) is 14.9 Å². The van der Waals surface area contributed by atoms with Crippen molar-refractivity contribution in [3.63, 3.8) is 0 Å². The first-order valence-corrected chi connectivity index (χ1v) is 7.44. The number of hydrogen-bond donors (Lipinski definition) is 1. The minimum Gasteiger partial charge on any atom is -0.497 e. The second kappa shape index (κ2) is 7.26. The Morgan fingerprint density at radius 2 is 2.23 bits per heavy atom. The van der Waals surface area contributed by atoms with Crippen molar-refractivity contribution in [2.24, 2.45) is 0 Å². The van der Waals surface area contributed by atoms with E-state index in [4.69, 9.17) is 9.47 Å². The number of rotatable bonds is 7. The molecular formula is C16H23N3O3. The molecule has 0 saturated carbocycles. The molecule has 2 aromatic rings. The van der Waals surface area contributed by atoms with Crippen molar-refractivity contribution in [1.29, 1.82) is 0 Å². The van der Waals surface area contributed by atoms with E-state index in [0.717, 1.165) is 22.6 Å². The molecule has 0 spiro atoms. The Kier molecular flexibility index (Phi) is 5.38. The van der Waals surface area contributed by atoms with E-state index >= 15 is 0 Å². The number of benzene rings is 1. The summed E-state index contributed by atoms with van der Waals surface area (Å²) in [6.45, 7) is 4.91. The Morgan fingerprint density at radius 1 is 1.45 bits per heavy atom. The van der Waals surface area contributed by atoms with Crippen LogP contribution in [0.1, 0.15) is 32.1 Å². The van der Waals surface area contributed by atoms with Crippen LogP contribution in [-0.2, 0) is 9.53 Å². The lowest BCUT2D eigenvalue weighted by atomic mass is 10.2. The van der Waals surface area contributed by atoms with E-state index in [0.29, 0.717) is 19.6 Å². The van der Waals surface area contributed by atoms with Gasteiger partial charge in [-0.2, -0.15) is 0 Å². The first kappa shape index (κ1) is 16.3. The summed E-state index contributed by atoms with van der Waals surface area (Å²) in [7, 11) is 3.61. The number of nitrogens with one attached hydrogen (secondary N) is 1. The van der Waals surface area contributed by atoms with Gasteiger partial charge in [0.05, 0.1) is 37.2 Å². The van der Waals surface area contributed by atoms with Crippen molar-refractivity contribution in [3.8, 4) is 5.75 Å². The van der Waals surface area contributed by atoms with Gasteiger partial charge in [-0.15, -0.1) is 0 Å². The normalized spacial score (nSPS) is 12.6. The molecule has 22 heavy (non-hydrogen) atoms. The molecule has 0 bridgehead atoms. The second-order valence-electron chi connectivity index (χ2n) is 5.22. The molecule has 0 fully saturated rings. The number of aromatic nitrogens is 2. The number of fused-ring (bicyclic) bond motifs is 1. The molecule has 1 aromatic heterocycles. The molecular weight excluding hydrogens is 282 g/mol. The maximum Gasteiger partial charge on any atom is 0.307 e. The highest BCUT2D eigenvalue weighted by atomic mass is 16.5. The van der Waals surface area contributed by atoms with Gasteiger partial charge in [-0.3, -0.25) is 9.69 Å². The summed E-state index contributed by atoms with van der Waals surface area (Å²) in [6.07, 6.45) is 0.378. The zero-order valence-corrected chi connectivity index (χ0v) is 13.5. The second-order valence-corrected chi connectivity index (χ2v) is 5.22. The van der Waals surface area contributed by atoms with E-state index in [9.17, 15) is 4.79 Å². The topological polar surface area (TPSA) is 67.4 Å². The first-order chi connectivity index (χ1) is 10.5. The summed E-state index contributed by atoms with van der Waals surface area (Å²) < 4.78 is 10.2. The SMILES string of the molecule is CCOC(=O)CCN(C)C(C)c1nc2ccc(OC)cc2[nH]1. The molecule has 1 aromatic carbocycles. The predicted octanol–water partition coefficient (Wildman–Crippen LogP) is 2.52. The van der Waals surface area contributed by atoms with Gasteiger partial charge in [0.25, 0.3) is 0 Å². The number of ether oxygens (including phenoxy) is 2. The molecule has 6 nitrogen and oxygen atoms in total. The van der Waals surface area contributed by atoms with Crippen molar-refractivity contribution in [3.05, 3.63) is 24.0 Å². The van der Waals surface area contributed by atoms with Crippen LogP contribution in [0.2, 0.25) is 0 Å². The van der Waals surface area contributed by atoms with Crippen molar-refractivity contribution < 1.29 is 14.3 Å². The van der Waals surface area contributed by atoms with E-state index in [1.165, 1.54) is 0 Å². The maximum absolute atomic E-state index is 11.4. The Bertz CT molecular complexity index is 639. The third-order valence-electron chi connectivity index (χ3n) is 3.74. The minimum atomic E-state index is -0.170. The minimum absolute atomic E-state index is 0.0767. The molecule has 0 amide bonds. The molecule has 1 heterocycles. The summed E-state index contributed by atoms with van der Waals surface area (Å²) >= 11 is 0. The molecule has 6 heteroatoms. The van der Waals surface area contributed by atoms with Gasteiger partial charge in [-0.25, -0.2) is 4.98 Å². The van der Waals surface area contributed by atoms with Crippen LogP contribution in [0.15, 0.2) is 18.2 Å². The van der Waals surface area contributed by atoms with Crippen molar-refractivity contribution in [2.45, 2.75) is 26.3 Å². The number of methoxy groups -OCH3 is 1. The predicted molar refractivity (Wildman–Crippen MR) is 84.9 cm³/mol. The maximum atomic E-state index is 11.4. The quantitative estimate of drug-likeness (QED) is 0.796. The Hall–Kier alpha value is -2.08. The third-order valence-corrected chi connectivity index (χ3v) is 3.74. The molecule has 0 aliphatic rings. The summed E-state index contributed by atoms with van der Waals surface area (Å²) in [4.78, 5) is 21.4. The Morgan fingerprint density at radius 3 is 2.91 bits per heavy atom. The fourth-order valence-corrected chi connectivity index (χ4v) is 2.24. The lowest BCUT2D eigenvalue weighted by Gasteiger charge is -2.22. The molecule has 2 rings (SSSR count). The molecule has 1 atom stereocenters. The van der Waals surface area contributed by atoms with Gasteiger partial charge in [-0.05, 0) is 33.0 Å². The highest BCUT2D eigenvalue weighted by Crippen LogP contribution is 2.23. The van der Waals surface area contributed by atoms with Crippen LogP contribution in [-0.4, -0.2) is 48.1 Å². The van der Waals surface area contributed by atoms with Crippen LogP contribution in [0.3, 0.4) is 0 Å². The third kappa shape index (κ3) is 3.76. The zero-order chi connectivity index (χ0) is 16.1. The van der Waals surface area contributed by atoms with E-state index < -0.39 is 0 Å². The fraction of sp³-hybridized carbons (Fsp3) is 0.500. The van der Waals surface area contributed by atoms with E-state index in [1.54, 1.807) is 7.11 Å². The van der Waals surface area contributed by atoms with Crippen molar-refractivity contribution >= 4 is 17.0 Å². The number of H-pyrrole nitrogens is 1. The fourth-order valence-electron chi connectivity index (χ4n) is 2.24. The molecule has 1 unspecified atom stereocenters. The molecule has 0 saturated heterocycles. The number of esters is 1. The number of carbonyl (C=O) groups excluding carboxylic acids is 1. The van der Waals surface area contributed by atoms with Gasteiger partial charge in [0.1, 0.15) is 11.6 Å². The summed E-state index contributed by atoms with van der Waals surface area (Å²) in [6, 6.07) is 5.83. The van der Waals surface area contributed by atoms with Crippen LogP contribution in [0.5, 0.6) is 5.75 Å². The van der Waals surface area contributed by atoms with Crippen LogP contribution in [0, 0.1) is 0 Å². The van der Waals surface area contributed by atoms with Gasteiger partial charge in [0.15, 0.2) is 0 Å². The summed E-state index contributed by atoms with van der Waals surface area (Å²) in [5.41, 5.74) is 1.85. The standard InChI is InChI=1S/C16H23N3O3/c1-5-22-15(20)8-9-19(3)11(2)16-17-13-7-6-12(21-4)10-14(13)18-16/h6-7,10-11H,5,8-9H2,1-4H3,(H,17,18). The summed E-state index contributed by atoms with van der Waals surface area (Å²) in [5, 5.41) is 0. The van der Waals surface area contributed by atoms with Gasteiger partial charge < -0.3 is 14.5 Å². The lowest BCUT2D eigenvalue weighted by molar-refractivity contribution is -0.143. The molecule has 0 aliphatic heterocycles. The average molecular weight is 305 g/mol. The molecule has 1 N–H and O–H groups in total. The molecule has 0 aliphatic carbocycles. The number of hydrogen-bond acceptors (Lipinski definition) is 5. The van der Waals surface area contributed by atoms with Crippen LogP contribution in [0.25, 0.3) is 11.0 Å². The number of nitrogens with zero attached hydrogens (tertiary/aromatic N) is 2.